The number of nitrogens with two attached hydrogens (primary N) is 1. The molecule has 19 heavy (non-hydrogen) atoms. The van der Waals surface area contributed by atoms with Gasteiger partial charge in [0.1, 0.15) is 4.99 Å². The van der Waals surface area contributed by atoms with Crippen molar-refractivity contribution in [3.63, 3.8) is 0 Å². The highest BCUT2D eigenvalue weighted by Gasteiger charge is 2.04. The maximum atomic E-state index is 5.94. The Balaban J connectivity index is 2.29. The van der Waals surface area contributed by atoms with Crippen molar-refractivity contribution in [2.45, 2.75) is 13.8 Å². The van der Waals surface area contributed by atoms with Crippen LogP contribution >= 0.6 is 23.8 Å². The minimum atomic E-state index is 0.423. The van der Waals surface area contributed by atoms with Crippen LogP contribution in [-0.4, -0.2) is 4.99 Å². The van der Waals surface area contributed by atoms with Gasteiger partial charge in [-0.15, -0.1) is 0 Å². The van der Waals surface area contributed by atoms with E-state index >= 15 is 0 Å². The summed E-state index contributed by atoms with van der Waals surface area (Å²) >= 11 is 10.9. The Labute approximate surface area is 123 Å². The third kappa shape index (κ3) is 3.25. The van der Waals surface area contributed by atoms with Gasteiger partial charge in [0.15, 0.2) is 0 Å². The highest BCUT2D eigenvalue weighted by atomic mass is 35.5. The topological polar surface area (TPSA) is 38.0 Å². The summed E-state index contributed by atoms with van der Waals surface area (Å²) in [6.07, 6.45) is 0. The predicted octanol–water partition coefficient (Wildman–Crippen LogP) is 4.33. The van der Waals surface area contributed by atoms with Crippen molar-refractivity contribution in [3.05, 3.63) is 58.1 Å². The fourth-order valence-electron chi connectivity index (χ4n) is 1.94. The summed E-state index contributed by atoms with van der Waals surface area (Å²) in [5.74, 6) is 0. The molecule has 0 radical (unpaired) electrons. The minimum absolute atomic E-state index is 0.423. The van der Waals surface area contributed by atoms with E-state index in [2.05, 4.69) is 5.32 Å². The molecule has 0 aliphatic heterocycles. The molecule has 0 aromatic heterocycles. The van der Waals surface area contributed by atoms with Crippen LogP contribution in [0.5, 0.6) is 0 Å². The molecule has 3 N–H and O–H groups in total. The summed E-state index contributed by atoms with van der Waals surface area (Å²) in [7, 11) is 0. The van der Waals surface area contributed by atoms with Crippen molar-refractivity contribution in [1.82, 2.24) is 0 Å². The van der Waals surface area contributed by atoms with E-state index in [9.17, 15) is 0 Å². The number of hydrogen-bond donors (Lipinski definition) is 2. The molecule has 4 heteroatoms. The van der Waals surface area contributed by atoms with Crippen LogP contribution < -0.4 is 11.1 Å². The van der Waals surface area contributed by atoms with Crippen LogP contribution in [0.1, 0.15) is 16.7 Å². The molecule has 2 rings (SSSR count). The summed E-state index contributed by atoms with van der Waals surface area (Å²) in [6, 6.07) is 11.7. The highest BCUT2D eigenvalue weighted by molar-refractivity contribution is 7.80. The third-order valence-corrected chi connectivity index (χ3v) is 3.41. The van der Waals surface area contributed by atoms with Crippen molar-refractivity contribution in [1.29, 1.82) is 0 Å². The molecule has 0 unspecified atom stereocenters. The maximum Gasteiger partial charge on any atom is 0.104 e. The first-order valence-electron chi connectivity index (χ1n) is 5.91. The van der Waals surface area contributed by atoms with E-state index < -0.39 is 0 Å². The average molecular weight is 291 g/mol. The van der Waals surface area contributed by atoms with E-state index in [1.807, 2.05) is 50.2 Å². The van der Waals surface area contributed by atoms with Crippen LogP contribution in [0.25, 0.3) is 0 Å². The molecule has 0 fully saturated rings. The van der Waals surface area contributed by atoms with Gasteiger partial charge in [0, 0.05) is 22.0 Å². The Morgan fingerprint density at radius 1 is 1.11 bits per heavy atom. The van der Waals surface area contributed by atoms with Gasteiger partial charge < -0.3 is 11.1 Å². The molecule has 0 spiro atoms. The van der Waals surface area contributed by atoms with E-state index in [4.69, 9.17) is 29.6 Å². The fourth-order valence-corrected chi connectivity index (χ4v) is 2.40. The standard InChI is InChI=1S/C15H15ClN2S/c1-9-8-12(4-5-13(9)15(17)19)18-14-6-3-11(16)7-10(14)2/h3-8,18H,1-2H3,(H2,17,19). The first-order valence-corrected chi connectivity index (χ1v) is 6.69. The van der Waals surface area contributed by atoms with E-state index in [1.165, 1.54) is 0 Å². The molecular weight excluding hydrogens is 276 g/mol. The Morgan fingerprint density at radius 2 is 1.84 bits per heavy atom. The highest BCUT2D eigenvalue weighted by Crippen LogP contribution is 2.24. The van der Waals surface area contributed by atoms with Crippen molar-refractivity contribution in [2.24, 2.45) is 5.73 Å². The lowest BCUT2D eigenvalue weighted by Crippen LogP contribution is -2.11. The van der Waals surface area contributed by atoms with Crippen LogP contribution in [0.4, 0.5) is 11.4 Å². The number of anilines is 2. The summed E-state index contributed by atoms with van der Waals surface area (Å²) in [4.78, 5) is 0.423. The molecule has 0 aliphatic rings. The summed E-state index contributed by atoms with van der Waals surface area (Å²) < 4.78 is 0. The van der Waals surface area contributed by atoms with Gasteiger partial charge in [-0.2, -0.15) is 0 Å². The largest absolute Gasteiger partial charge is 0.389 e. The predicted molar refractivity (Wildman–Crippen MR) is 86.5 cm³/mol. The quantitative estimate of drug-likeness (QED) is 0.826. The normalized spacial score (nSPS) is 10.3. The number of nitrogens with one attached hydrogen (secondary N) is 1. The lowest BCUT2D eigenvalue weighted by molar-refractivity contribution is 1.39. The molecule has 2 nitrogen and oxygen atoms in total. The second kappa shape index (κ2) is 5.59. The summed E-state index contributed by atoms with van der Waals surface area (Å²) in [6.45, 7) is 4.01. The number of aryl methyl sites for hydroxylation is 2. The number of thiocarbonyl (C=S) groups is 1. The lowest BCUT2D eigenvalue weighted by atomic mass is 10.1. The van der Waals surface area contributed by atoms with Crippen molar-refractivity contribution in [3.8, 4) is 0 Å². The number of halogens is 1. The SMILES string of the molecule is Cc1cc(Cl)ccc1Nc1ccc(C(N)=S)c(C)c1. The zero-order chi connectivity index (χ0) is 14.0. The van der Waals surface area contributed by atoms with Crippen LogP contribution in [0.2, 0.25) is 5.02 Å². The van der Waals surface area contributed by atoms with Gasteiger partial charge in [0.05, 0.1) is 0 Å². The van der Waals surface area contributed by atoms with Gasteiger partial charge in [0.2, 0.25) is 0 Å². The van der Waals surface area contributed by atoms with Gasteiger partial charge in [-0.3, -0.25) is 0 Å². The minimum Gasteiger partial charge on any atom is -0.389 e. The molecule has 0 atom stereocenters. The van der Waals surface area contributed by atoms with Crippen LogP contribution in [0, 0.1) is 13.8 Å². The first kappa shape index (κ1) is 13.8. The van der Waals surface area contributed by atoms with E-state index in [1.54, 1.807) is 0 Å². The van der Waals surface area contributed by atoms with Gasteiger partial charge in [-0.1, -0.05) is 23.8 Å². The number of rotatable bonds is 3. The van der Waals surface area contributed by atoms with Gasteiger partial charge in [-0.05, 0) is 61.4 Å². The Morgan fingerprint density at radius 3 is 2.42 bits per heavy atom. The second-order valence-electron chi connectivity index (χ2n) is 4.48. The van der Waals surface area contributed by atoms with Crippen molar-refractivity contribution in [2.75, 3.05) is 5.32 Å². The first-order chi connectivity index (χ1) is 8.97. The van der Waals surface area contributed by atoms with Crippen LogP contribution in [-0.2, 0) is 0 Å². The van der Waals surface area contributed by atoms with Crippen molar-refractivity contribution < 1.29 is 0 Å². The summed E-state index contributed by atoms with van der Waals surface area (Å²) in [5.41, 5.74) is 10.8. The zero-order valence-electron chi connectivity index (χ0n) is 10.8. The molecular formula is C15H15ClN2S. The van der Waals surface area contributed by atoms with Crippen molar-refractivity contribution >= 4 is 40.2 Å². The van der Waals surface area contributed by atoms with Gasteiger partial charge >= 0.3 is 0 Å². The molecule has 0 aliphatic carbocycles. The van der Waals surface area contributed by atoms with E-state index in [0.717, 1.165) is 33.1 Å². The third-order valence-electron chi connectivity index (χ3n) is 2.96. The molecule has 2 aromatic carbocycles. The van der Waals surface area contributed by atoms with Gasteiger partial charge in [-0.25, -0.2) is 0 Å². The lowest BCUT2D eigenvalue weighted by Gasteiger charge is -2.12. The van der Waals surface area contributed by atoms with E-state index in [-0.39, 0.29) is 0 Å². The monoisotopic (exact) mass is 290 g/mol. The molecule has 0 amide bonds. The van der Waals surface area contributed by atoms with E-state index in [0.29, 0.717) is 4.99 Å². The Hall–Kier alpha value is -1.58. The molecule has 0 saturated heterocycles. The number of hydrogen-bond acceptors (Lipinski definition) is 2. The molecule has 0 bridgehead atoms. The zero-order valence-corrected chi connectivity index (χ0v) is 12.4. The molecule has 0 heterocycles. The fraction of sp³-hybridized carbons (Fsp3) is 0.133. The summed E-state index contributed by atoms with van der Waals surface area (Å²) in [5, 5.41) is 4.10. The second-order valence-corrected chi connectivity index (χ2v) is 5.35. The average Bonchev–Trinajstić information content (AvgIpc) is 2.32. The molecule has 2 aromatic rings. The smallest absolute Gasteiger partial charge is 0.104 e. The van der Waals surface area contributed by atoms with Crippen LogP contribution in [0.15, 0.2) is 36.4 Å². The Kier molecular flexibility index (Phi) is 4.08. The van der Waals surface area contributed by atoms with Gasteiger partial charge in [0.25, 0.3) is 0 Å². The Bertz CT molecular complexity index is 638. The van der Waals surface area contributed by atoms with Crippen LogP contribution in [0.3, 0.4) is 0 Å². The molecule has 0 saturated carbocycles. The maximum absolute atomic E-state index is 5.94. The molecule has 98 valence electrons. The number of benzene rings is 2.